The summed E-state index contributed by atoms with van der Waals surface area (Å²) in [6.07, 6.45) is 6.25. The van der Waals surface area contributed by atoms with Crippen LogP contribution in [0.2, 0.25) is 0 Å². The molecule has 2 amide bonds. The molecule has 34 heavy (non-hydrogen) atoms. The fourth-order valence-corrected chi connectivity index (χ4v) is 6.48. The molecule has 11 nitrogen and oxygen atoms in total. The van der Waals surface area contributed by atoms with Crippen LogP contribution in [-0.4, -0.2) is 83.2 Å². The lowest BCUT2D eigenvalue weighted by molar-refractivity contribution is -0.132. The predicted octanol–water partition coefficient (Wildman–Crippen LogP) is 1.42. The highest BCUT2D eigenvalue weighted by Crippen LogP contribution is 2.34. The number of nitrogens with one attached hydrogen (secondary N) is 1. The molecule has 1 aromatic heterocycles. The van der Waals surface area contributed by atoms with Crippen molar-refractivity contribution in [1.82, 2.24) is 29.0 Å². The van der Waals surface area contributed by atoms with E-state index in [4.69, 9.17) is 4.52 Å². The van der Waals surface area contributed by atoms with Gasteiger partial charge in [0, 0.05) is 59.0 Å². The van der Waals surface area contributed by atoms with Gasteiger partial charge in [0.2, 0.25) is 17.7 Å². The topological polar surface area (TPSA) is 129 Å². The Morgan fingerprint density at radius 3 is 2.24 bits per heavy atom. The monoisotopic (exact) mass is 498 g/mol. The lowest BCUT2D eigenvalue weighted by Crippen LogP contribution is -2.54. The normalized spacial score (nSPS) is 19.7. The summed E-state index contributed by atoms with van der Waals surface area (Å²) in [4.78, 5) is 30.8. The number of hydrogen-bond acceptors (Lipinski definition) is 7. The van der Waals surface area contributed by atoms with Crippen LogP contribution in [0.1, 0.15) is 77.4 Å². The van der Waals surface area contributed by atoms with Crippen LogP contribution in [0.25, 0.3) is 0 Å². The van der Waals surface area contributed by atoms with E-state index in [2.05, 4.69) is 15.5 Å². The molecule has 1 saturated carbocycles. The zero-order chi connectivity index (χ0) is 24.8. The number of carbonyl (C=O) groups excluding carboxylic acids is 2. The molecule has 1 aromatic rings. The Morgan fingerprint density at radius 1 is 1.06 bits per heavy atom. The molecule has 3 rings (SSSR count). The van der Waals surface area contributed by atoms with Crippen molar-refractivity contribution in [2.45, 2.75) is 77.7 Å². The maximum atomic E-state index is 12.7. The Hall–Kier alpha value is -2.05. The Kier molecular flexibility index (Phi) is 9.05. The van der Waals surface area contributed by atoms with Crippen LogP contribution >= 0.6 is 0 Å². The van der Waals surface area contributed by atoms with E-state index in [0.717, 1.165) is 38.5 Å². The van der Waals surface area contributed by atoms with Crippen molar-refractivity contribution >= 4 is 22.0 Å². The van der Waals surface area contributed by atoms with Gasteiger partial charge >= 0.3 is 0 Å². The Balaban J connectivity index is 1.56. The van der Waals surface area contributed by atoms with E-state index in [9.17, 15) is 18.0 Å². The van der Waals surface area contributed by atoms with Crippen molar-refractivity contribution in [3.8, 4) is 0 Å². The van der Waals surface area contributed by atoms with Crippen molar-refractivity contribution in [1.29, 1.82) is 0 Å². The fourth-order valence-electron chi connectivity index (χ4n) is 4.88. The van der Waals surface area contributed by atoms with E-state index < -0.39 is 15.7 Å². The number of piperazine rings is 1. The van der Waals surface area contributed by atoms with Gasteiger partial charge in [-0.3, -0.25) is 9.59 Å². The zero-order valence-corrected chi connectivity index (χ0v) is 21.4. The van der Waals surface area contributed by atoms with E-state index in [1.54, 1.807) is 4.90 Å². The van der Waals surface area contributed by atoms with Gasteiger partial charge in [-0.15, -0.1) is 0 Å². The Bertz CT molecular complexity index is 929. The van der Waals surface area contributed by atoms with Crippen LogP contribution in [0.5, 0.6) is 0 Å². The van der Waals surface area contributed by atoms with Gasteiger partial charge in [-0.2, -0.15) is 22.0 Å². The van der Waals surface area contributed by atoms with Crippen LogP contribution in [0.3, 0.4) is 0 Å². The molecule has 2 aliphatic rings. The minimum atomic E-state index is -3.49. The summed E-state index contributed by atoms with van der Waals surface area (Å²) < 4.78 is 33.7. The third-order valence-corrected chi connectivity index (χ3v) is 8.96. The number of hydrogen-bond donors (Lipinski definition) is 1. The molecule has 1 saturated heterocycles. The van der Waals surface area contributed by atoms with Gasteiger partial charge in [-0.1, -0.05) is 44.7 Å². The molecule has 0 unspecified atom stereocenters. The van der Waals surface area contributed by atoms with Gasteiger partial charge in [-0.25, -0.2) is 0 Å². The van der Waals surface area contributed by atoms with E-state index in [-0.39, 0.29) is 31.3 Å². The van der Waals surface area contributed by atoms with Crippen molar-refractivity contribution in [3.05, 3.63) is 11.7 Å². The lowest BCUT2D eigenvalue weighted by atomic mass is 9.89. The number of nitrogens with zero attached hydrogens (tertiary/aromatic N) is 5. The zero-order valence-electron chi connectivity index (χ0n) is 20.6. The molecule has 12 heteroatoms. The van der Waals surface area contributed by atoms with Crippen molar-refractivity contribution in [2.75, 3.05) is 39.3 Å². The van der Waals surface area contributed by atoms with Crippen molar-refractivity contribution in [3.63, 3.8) is 0 Å². The third-order valence-electron chi connectivity index (χ3n) is 6.77. The lowest BCUT2D eigenvalue weighted by Gasteiger charge is -2.36. The summed E-state index contributed by atoms with van der Waals surface area (Å²) in [6, 6.07) is 0. The molecule has 1 aliphatic carbocycles. The maximum Gasteiger partial charge on any atom is 0.282 e. The Morgan fingerprint density at radius 2 is 1.68 bits per heavy atom. The quantitative estimate of drug-likeness (QED) is 0.510. The highest BCUT2D eigenvalue weighted by molar-refractivity contribution is 7.86. The summed E-state index contributed by atoms with van der Waals surface area (Å²) in [5.74, 6) is 0.679. The van der Waals surface area contributed by atoms with Gasteiger partial charge in [0.05, 0.1) is 0 Å². The second-order valence-corrected chi connectivity index (χ2v) is 11.0. The molecule has 0 spiro atoms. The van der Waals surface area contributed by atoms with E-state index in [1.807, 2.05) is 13.8 Å². The van der Waals surface area contributed by atoms with Crippen LogP contribution in [-0.2, 0) is 31.8 Å². The first-order valence-corrected chi connectivity index (χ1v) is 13.8. The summed E-state index contributed by atoms with van der Waals surface area (Å²) in [7, 11) is -3.49. The molecule has 1 N–H and O–H groups in total. The van der Waals surface area contributed by atoms with Crippen LogP contribution < -0.4 is 5.32 Å². The van der Waals surface area contributed by atoms with Gasteiger partial charge in [-0.05, 0) is 12.8 Å². The maximum absolute atomic E-state index is 12.7. The van der Waals surface area contributed by atoms with Crippen LogP contribution in [0.4, 0.5) is 0 Å². The average Bonchev–Trinajstić information content (AvgIpc) is 3.18. The SMILES string of the molecule is CCN(CC)S(=O)(=O)N1CCN(C(=O)CCc2nc(C3(NC(C)=O)CCCCCC3)no2)CC1. The number of carbonyl (C=O) groups is 2. The minimum Gasteiger partial charge on any atom is -0.343 e. The molecule has 0 atom stereocenters. The molecular formula is C22H38N6O5S. The first-order chi connectivity index (χ1) is 16.2. The average molecular weight is 499 g/mol. The molecule has 2 fully saturated rings. The third kappa shape index (κ3) is 6.14. The fraction of sp³-hybridized carbons (Fsp3) is 0.818. The second-order valence-electron chi connectivity index (χ2n) is 9.06. The number of amides is 2. The molecule has 1 aliphatic heterocycles. The summed E-state index contributed by atoms with van der Waals surface area (Å²) in [5.41, 5.74) is -0.610. The predicted molar refractivity (Wildman–Crippen MR) is 126 cm³/mol. The molecule has 192 valence electrons. The van der Waals surface area contributed by atoms with E-state index >= 15 is 0 Å². The van der Waals surface area contributed by atoms with Gasteiger partial charge in [0.1, 0.15) is 5.54 Å². The number of rotatable bonds is 9. The van der Waals surface area contributed by atoms with Crippen molar-refractivity contribution in [2.24, 2.45) is 0 Å². The van der Waals surface area contributed by atoms with Crippen LogP contribution in [0, 0.1) is 0 Å². The standard InChI is InChI=1S/C22H38N6O5S/c1-4-27(5-2)34(31,32)28-16-14-26(15-17-28)20(30)11-10-19-23-21(25-33-19)22(24-18(3)29)12-8-6-7-9-13-22/h4-17H2,1-3H3,(H,24,29). The summed E-state index contributed by atoms with van der Waals surface area (Å²) >= 11 is 0. The molecule has 0 bridgehead atoms. The van der Waals surface area contributed by atoms with E-state index in [0.29, 0.717) is 44.3 Å². The highest BCUT2D eigenvalue weighted by Gasteiger charge is 2.38. The number of aromatic nitrogens is 2. The highest BCUT2D eigenvalue weighted by atomic mass is 32.2. The number of aryl methyl sites for hydroxylation is 1. The molecule has 2 heterocycles. The van der Waals surface area contributed by atoms with Crippen molar-refractivity contribution < 1.29 is 22.5 Å². The summed E-state index contributed by atoms with van der Waals surface area (Å²) in [5, 5.41) is 7.22. The first-order valence-electron chi connectivity index (χ1n) is 12.4. The minimum absolute atomic E-state index is 0.0642. The molecule has 0 aromatic carbocycles. The van der Waals surface area contributed by atoms with Gasteiger partial charge in [0.25, 0.3) is 10.2 Å². The summed E-state index contributed by atoms with van der Waals surface area (Å²) in [6.45, 7) is 7.28. The first kappa shape index (κ1) is 26.6. The molecule has 0 radical (unpaired) electrons. The largest absolute Gasteiger partial charge is 0.343 e. The van der Waals surface area contributed by atoms with Gasteiger partial charge < -0.3 is 14.7 Å². The van der Waals surface area contributed by atoms with E-state index in [1.165, 1.54) is 15.5 Å². The van der Waals surface area contributed by atoms with Crippen LogP contribution in [0.15, 0.2) is 4.52 Å². The molecular weight excluding hydrogens is 460 g/mol. The smallest absolute Gasteiger partial charge is 0.282 e. The Labute approximate surface area is 202 Å². The second kappa shape index (κ2) is 11.6. The van der Waals surface area contributed by atoms with Gasteiger partial charge in [0.15, 0.2) is 5.82 Å².